The molecule has 0 bridgehead atoms. The average Bonchev–Trinajstić information content (AvgIpc) is 3.10. The van der Waals surface area contributed by atoms with Crippen molar-refractivity contribution < 1.29 is 23.8 Å². The lowest BCUT2D eigenvalue weighted by molar-refractivity contribution is -0.185. The molecule has 2 saturated heterocycles. The van der Waals surface area contributed by atoms with Crippen LogP contribution in [0.15, 0.2) is 18.2 Å². The fourth-order valence-electron chi connectivity index (χ4n) is 3.24. The number of benzene rings is 1. The van der Waals surface area contributed by atoms with Gasteiger partial charge in [0.25, 0.3) is 0 Å². The fourth-order valence-corrected chi connectivity index (χ4v) is 3.41. The van der Waals surface area contributed by atoms with Gasteiger partial charge in [-0.3, -0.25) is 4.79 Å². The molecule has 1 aromatic rings. The highest BCUT2D eigenvalue weighted by Gasteiger charge is 2.39. The van der Waals surface area contributed by atoms with Crippen LogP contribution in [-0.4, -0.2) is 62.5 Å². The number of anilines is 1. The van der Waals surface area contributed by atoms with Gasteiger partial charge in [-0.1, -0.05) is 11.6 Å². The van der Waals surface area contributed by atoms with Gasteiger partial charge >= 0.3 is 5.97 Å². The van der Waals surface area contributed by atoms with Crippen molar-refractivity contribution in [2.75, 3.05) is 45.3 Å². The number of nitrogens with one attached hydrogen (secondary N) is 1. The Morgan fingerprint density at radius 1 is 1.27 bits per heavy atom. The zero-order valence-corrected chi connectivity index (χ0v) is 15.5. The number of likely N-dealkylation sites (tertiary alicyclic amines) is 1. The third-order valence-electron chi connectivity index (χ3n) is 4.75. The van der Waals surface area contributed by atoms with Crippen molar-refractivity contribution in [3.8, 4) is 0 Å². The minimum atomic E-state index is -0.476. The van der Waals surface area contributed by atoms with E-state index in [4.69, 9.17) is 21.1 Å². The molecule has 8 heteroatoms. The Balaban J connectivity index is 1.48. The van der Waals surface area contributed by atoms with Crippen LogP contribution in [0.1, 0.15) is 29.6 Å². The van der Waals surface area contributed by atoms with Crippen molar-refractivity contribution in [1.29, 1.82) is 0 Å². The average molecular weight is 383 g/mol. The summed E-state index contributed by atoms with van der Waals surface area (Å²) in [5, 5.41) is 3.14. The first kappa shape index (κ1) is 19.1. The molecular formula is C18H23ClN2O5. The Kier molecular flexibility index (Phi) is 6.13. The lowest BCUT2D eigenvalue weighted by Crippen LogP contribution is -2.45. The first-order valence-electron chi connectivity index (χ1n) is 8.69. The summed E-state index contributed by atoms with van der Waals surface area (Å²) in [4.78, 5) is 26.1. The summed E-state index contributed by atoms with van der Waals surface area (Å²) in [7, 11) is 1.31. The molecule has 1 aromatic carbocycles. The summed E-state index contributed by atoms with van der Waals surface area (Å²) in [6, 6.07) is 4.64. The largest absolute Gasteiger partial charge is 0.465 e. The van der Waals surface area contributed by atoms with Crippen LogP contribution in [-0.2, 0) is 19.0 Å². The van der Waals surface area contributed by atoms with Gasteiger partial charge in [0.1, 0.15) is 0 Å². The van der Waals surface area contributed by atoms with Gasteiger partial charge in [-0.2, -0.15) is 0 Å². The molecule has 0 unspecified atom stereocenters. The van der Waals surface area contributed by atoms with Gasteiger partial charge in [-0.15, -0.1) is 0 Å². The van der Waals surface area contributed by atoms with Crippen LogP contribution in [0.5, 0.6) is 0 Å². The third kappa shape index (κ3) is 4.54. The summed E-state index contributed by atoms with van der Waals surface area (Å²) in [5.74, 6) is -1.03. The van der Waals surface area contributed by atoms with Gasteiger partial charge < -0.3 is 24.4 Å². The van der Waals surface area contributed by atoms with Crippen molar-refractivity contribution in [2.45, 2.75) is 25.0 Å². The van der Waals surface area contributed by atoms with Crippen LogP contribution in [0.2, 0.25) is 5.02 Å². The molecule has 3 rings (SSSR count). The Morgan fingerprint density at radius 2 is 1.96 bits per heavy atom. The number of carbonyl (C=O) groups excluding carboxylic acids is 2. The molecule has 0 aliphatic carbocycles. The molecule has 2 fully saturated rings. The van der Waals surface area contributed by atoms with E-state index in [0.717, 1.165) is 25.9 Å². The van der Waals surface area contributed by atoms with Crippen LogP contribution in [0.3, 0.4) is 0 Å². The van der Waals surface area contributed by atoms with Gasteiger partial charge in [0, 0.05) is 38.9 Å². The Bertz CT molecular complexity index is 666. The maximum atomic E-state index is 12.2. The zero-order valence-electron chi connectivity index (χ0n) is 14.8. The topological polar surface area (TPSA) is 77.1 Å². The number of methoxy groups -OCH3 is 1. The highest BCUT2D eigenvalue weighted by Crippen LogP contribution is 2.31. The van der Waals surface area contributed by atoms with Crippen molar-refractivity contribution in [2.24, 2.45) is 0 Å². The van der Waals surface area contributed by atoms with E-state index in [1.165, 1.54) is 13.2 Å². The first-order valence-corrected chi connectivity index (χ1v) is 9.07. The summed E-state index contributed by atoms with van der Waals surface area (Å²) >= 11 is 6.10. The number of hydrogen-bond acceptors (Lipinski definition) is 6. The van der Waals surface area contributed by atoms with E-state index in [0.29, 0.717) is 42.5 Å². The number of ether oxygens (including phenoxy) is 3. The van der Waals surface area contributed by atoms with E-state index in [1.54, 1.807) is 12.1 Å². The van der Waals surface area contributed by atoms with Crippen molar-refractivity contribution in [3.63, 3.8) is 0 Å². The number of hydrogen-bond donors (Lipinski definition) is 1. The van der Waals surface area contributed by atoms with Gasteiger partial charge in [-0.25, -0.2) is 4.79 Å². The van der Waals surface area contributed by atoms with Gasteiger partial charge in [-0.05, 0) is 18.2 Å². The molecule has 1 N–H and O–H groups in total. The normalized spacial score (nSPS) is 19.5. The third-order valence-corrected chi connectivity index (χ3v) is 5.08. The smallest absolute Gasteiger partial charge is 0.337 e. The molecule has 1 spiro atoms. The zero-order chi connectivity index (χ0) is 18.6. The predicted molar refractivity (Wildman–Crippen MR) is 96.3 cm³/mol. The van der Waals surface area contributed by atoms with Crippen LogP contribution in [0.25, 0.3) is 0 Å². The molecule has 7 nitrogen and oxygen atoms in total. The van der Waals surface area contributed by atoms with E-state index in [-0.39, 0.29) is 5.91 Å². The number of rotatable bonds is 5. The Hall–Kier alpha value is -1.67. The maximum absolute atomic E-state index is 12.2. The van der Waals surface area contributed by atoms with Crippen molar-refractivity contribution in [1.82, 2.24) is 4.90 Å². The Labute approximate surface area is 157 Å². The van der Waals surface area contributed by atoms with Crippen LogP contribution in [0, 0.1) is 0 Å². The SMILES string of the molecule is COC(=O)c1ccc(Cl)c(NC(=O)CCN2CCC3(CC2)OCCO3)c1. The molecule has 0 aromatic heterocycles. The number of halogens is 1. The molecule has 0 atom stereocenters. The molecule has 0 radical (unpaired) electrons. The van der Waals surface area contributed by atoms with Gasteiger partial charge in [0.05, 0.1) is 36.6 Å². The number of piperidine rings is 1. The van der Waals surface area contributed by atoms with Crippen molar-refractivity contribution >= 4 is 29.2 Å². The minimum absolute atomic E-state index is 0.150. The number of esters is 1. The minimum Gasteiger partial charge on any atom is -0.465 e. The molecule has 2 aliphatic rings. The van der Waals surface area contributed by atoms with Crippen molar-refractivity contribution in [3.05, 3.63) is 28.8 Å². The lowest BCUT2D eigenvalue weighted by Gasteiger charge is -2.37. The number of carbonyl (C=O) groups is 2. The summed E-state index contributed by atoms with van der Waals surface area (Å²) < 4.78 is 16.1. The molecule has 142 valence electrons. The van der Waals surface area contributed by atoms with E-state index < -0.39 is 11.8 Å². The second kappa shape index (κ2) is 8.35. The van der Waals surface area contributed by atoms with Gasteiger partial charge in [0.15, 0.2) is 5.79 Å². The Morgan fingerprint density at radius 3 is 2.62 bits per heavy atom. The highest BCUT2D eigenvalue weighted by atomic mass is 35.5. The van der Waals surface area contributed by atoms with Gasteiger partial charge in [0.2, 0.25) is 5.91 Å². The lowest BCUT2D eigenvalue weighted by atomic mass is 10.0. The molecule has 2 heterocycles. The monoisotopic (exact) mass is 382 g/mol. The number of nitrogens with zero attached hydrogens (tertiary/aromatic N) is 1. The number of amides is 1. The molecular weight excluding hydrogens is 360 g/mol. The molecule has 1 amide bonds. The van der Waals surface area contributed by atoms with Crippen LogP contribution < -0.4 is 5.32 Å². The summed E-state index contributed by atoms with van der Waals surface area (Å²) in [6.45, 7) is 3.65. The quantitative estimate of drug-likeness (QED) is 0.787. The fraction of sp³-hybridized carbons (Fsp3) is 0.556. The second-order valence-electron chi connectivity index (χ2n) is 6.43. The predicted octanol–water partition coefficient (Wildman–Crippen LogP) is 2.29. The van der Waals surface area contributed by atoms with Crippen LogP contribution >= 0.6 is 11.6 Å². The van der Waals surface area contributed by atoms with E-state index in [1.807, 2.05) is 0 Å². The molecule has 2 aliphatic heterocycles. The summed E-state index contributed by atoms with van der Waals surface area (Å²) in [5.41, 5.74) is 0.745. The summed E-state index contributed by atoms with van der Waals surface area (Å²) in [6.07, 6.45) is 1.98. The molecule has 26 heavy (non-hydrogen) atoms. The molecule has 0 saturated carbocycles. The second-order valence-corrected chi connectivity index (χ2v) is 6.84. The van der Waals surface area contributed by atoms with Crippen LogP contribution in [0.4, 0.5) is 5.69 Å². The standard InChI is InChI=1S/C18H23ClN2O5/c1-24-17(23)13-2-3-14(19)15(12-13)20-16(22)4-7-21-8-5-18(6-9-21)25-10-11-26-18/h2-3,12H,4-11H2,1H3,(H,20,22). The maximum Gasteiger partial charge on any atom is 0.337 e. The highest BCUT2D eigenvalue weighted by molar-refractivity contribution is 6.33. The van der Waals surface area contributed by atoms with E-state index in [9.17, 15) is 9.59 Å². The first-order chi connectivity index (χ1) is 12.5. The van der Waals surface area contributed by atoms with E-state index >= 15 is 0 Å². The van der Waals surface area contributed by atoms with E-state index in [2.05, 4.69) is 15.0 Å².